The zero-order valence-electron chi connectivity index (χ0n) is 9.35. The first-order valence-corrected chi connectivity index (χ1v) is 6.13. The number of rotatable bonds is 3. The first-order valence-electron chi connectivity index (χ1n) is 6.13. The quantitative estimate of drug-likeness (QED) is 0.750. The summed E-state index contributed by atoms with van der Waals surface area (Å²) in [6.07, 6.45) is 8.00. The molecule has 1 saturated heterocycles. The molecule has 0 bridgehead atoms. The molecule has 0 aromatic carbocycles. The molecule has 82 valence electrons. The van der Waals surface area contributed by atoms with Gasteiger partial charge >= 0.3 is 0 Å². The Bertz CT molecular complexity index is 169. The van der Waals surface area contributed by atoms with Gasteiger partial charge in [-0.3, -0.25) is 0 Å². The smallest absolute Gasteiger partial charge is 0.0678 e. The Hall–Kier alpha value is -0.0800. The van der Waals surface area contributed by atoms with Crippen molar-refractivity contribution in [1.29, 1.82) is 0 Å². The Labute approximate surface area is 87.4 Å². The van der Waals surface area contributed by atoms with E-state index in [1.54, 1.807) is 0 Å². The van der Waals surface area contributed by atoms with Crippen LogP contribution in [0.25, 0.3) is 0 Å². The number of nitrogens with one attached hydrogen (secondary N) is 1. The van der Waals surface area contributed by atoms with Crippen molar-refractivity contribution in [3.05, 3.63) is 0 Å². The van der Waals surface area contributed by atoms with E-state index in [1.807, 2.05) is 0 Å². The molecule has 0 aromatic rings. The summed E-state index contributed by atoms with van der Waals surface area (Å²) in [4.78, 5) is 0. The van der Waals surface area contributed by atoms with Crippen LogP contribution in [0.15, 0.2) is 0 Å². The summed E-state index contributed by atoms with van der Waals surface area (Å²) in [6, 6.07) is 0. The van der Waals surface area contributed by atoms with Crippen molar-refractivity contribution in [1.82, 2.24) is 5.32 Å². The van der Waals surface area contributed by atoms with Crippen LogP contribution in [0.4, 0.5) is 0 Å². The largest absolute Gasteiger partial charge is 0.375 e. The summed E-state index contributed by atoms with van der Waals surface area (Å²) in [6.45, 7) is 5.54. The van der Waals surface area contributed by atoms with Crippen molar-refractivity contribution >= 4 is 0 Å². The molecular weight excluding hydrogens is 174 g/mol. The lowest BCUT2D eigenvalue weighted by Gasteiger charge is -2.35. The highest BCUT2D eigenvalue weighted by Crippen LogP contribution is 2.29. The zero-order chi connectivity index (χ0) is 9.86. The predicted molar refractivity (Wildman–Crippen MR) is 58.4 cm³/mol. The highest BCUT2D eigenvalue weighted by molar-refractivity contribution is 4.82. The van der Waals surface area contributed by atoms with Gasteiger partial charge in [-0.25, -0.2) is 0 Å². The van der Waals surface area contributed by atoms with Crippen molar-refractivity contribution in [3.63, 3.8) is 0 Å². The van der Waals surface area contributed by atoms with E-state index < -0.39 is 0 Å². The van der Waals surface area contributed by atoms with Gasteiger partial charge in [0.15, 0.2) is 0 Å². The van der Waals surface area contributed by atoms with Gasteiger partial charge in [0.05, 0.1) is 12.2 Å². The van der Waals surface area contributed by atoms with Gasteiger partial charge in [0.1, 0.15) is 0 Å². The Morgan fingerprint density at radius 2 is 1.86 bits per heavy atom. The molecule has 0 radical (unpaired) electrons. The van der Waals surface area contributed by atoms with E-state index in [2.05, 4.69) is 12.2 Å². The van der Waals surface area contributed by atoms with Crippen LogP contribution in [0.1, 0.15) is 45.4 Å². The third-order valence-electron chi connectivity index (χ3n) is 3.80. The number of piperidine rings is 1. The third-order valence-corrected chi connectivity index (χ3v) is 3.80. The summed E-state index contributed by atoms with van der Waals surface area (Å²) in [5.74, 6) is 0.863. The summed E-state index contributed by atoms with van der Waals surface area (Å²) in [5.41, 5.74) is 0.174. The van der Waals surface area contributed by atoms with E-state index in [0.29, 0.717) is 0 Å². The number of ether oxygens (including phenoxy) is 1. The minimum atomic E-state index is 0.174. The van der Waals surface area contributed by atoms with Crippen LogP contribution in [-0.2, 0) is 4.74 Å². The Kier molecular flexibility index (Phi) is 3.45. The summed E-state index contributed by atoms with van der Waals surface area (Å²) >= 11 is 0. The maximum Gasteiger partial charge on any atom is 0.0678 e. The highest BCUT2D eigenvalue weighted by Gasteiger charge is 2.28. The maximum absolute atomic E-state index is 6.11. The predicted octanol–water partition coefficient (Wildman–Crippen LogP) is 2.34. The van der Waals surface area contributed by atoms with Crippen LogP contribution in [0.3, 0.4) is 0 Å². The van der Waals surface area contributed by atoms with Crippen LogP contribution >= 0.6 is 0 Å². The van der Waals surface area contributed by atoms with Crippen LogP contribution in [0, 0.1) is 5.92 Å². The van der Waals surface area contributed by atoms with Gasteiger partial charge in [0.2, 0.25) is 0 Å². The monoisotopic (exact) mass is 197 g/mol. The minimum absolute atomic E-state index is 0.174. The molecule has 1 heterocycles. The molecule has 2 fully saturated rings. The first kappa shape index (κ1) is 10.4. The van der Waals surface area contributed by atoms with Gasteiger partial charge in [-0.05, 0) is 51.6 Å². The Balaban J connectivity index is 1.72. The van der Waals surface area contributed by atoms with Crippen molar-refractivity contribution < 1.29 is 4.74 Å². The average molecular weight is 197 g/mol. The maximum atomic E-state index is 6.11. The third kappa shape index (κ3) is 2.71. The lowest BCUT2D eigenvalue weighted by molar-refractivity contribution is -0.0653. The van der Waals surface area contributed by atoms with Crippen LogP contribution in [0.2, 0.25) is 0 Å². The molecule has 0 amide bonds. The van der Waals surface area contributed by atoms with E-state index in [4.69, 9.17) is 4.74 Å². The fourth-order valence-corrected chi connectivity index (χ4v) is 2.60. The number of hydrogen-bond donors (Lipinski definition) is 1. The minimum Gasteiger partial charge on any atom is -0.375 e. The van der Waals surface area contributed by atoms with E-state index in [-0.39, 0.29) is 5.60 Å². The Morgan fingerprint density at radius 1 is 1.21 bits per heavy atom. The number of hydrogen-bond acceptors (Lipinski definition) is 2. The summed E-state index contributed by atoms with van der Waals surface area (Å²) in [7, 11) is 0. The molecule has 1 aliphatic carbocycles. The van der Waals surface area contributed by atoms with Crippen LogP contribution in [-0.4, -0.2) is 25.3 Å². The molecule has 1 saturated carbocycles. The van der Waals surface area contributed by atoms with E-state index in [0.717, 1.165) is 25.6 Å². The molecule has 2 aliphatic rings. The fraction of sp³-hybridized carbons (Fsp3) is 1.00. The fourth-order valence-electron chi connectivity index (χ4n) is 2.60. The first-order chi connectivity index (χ1) is 6.79. The highest BCUT2D eigenvalue weighted by atomic mass is 16.5. The molecule has 1 aliphatic heterocycles. The van der Waals surface area contributed by atoms with Crippen molar-refractivity contribution in [2.75, 3.05) is 19.7 Å². The lowest BCUT2D eigenvalue weighted by Crippen LogP contribution is -2.42. The average Bonchev–Trinajstić information content (AvgIpc) is 2.69. The van der Waals surface area contributed by atoms with E-state index in [1.165, 1.54) is 38.5 Å². The lowest BCUT2D eigenvalue weighted by atomic mass is 9.94. The SMILES string of the molecule is CC1(OCC2CCCC2)CCNCC1. The van der Waals surface area contributed by atoms with Gasteiger partial charge in [0, 0.05) is 0 Å². The van der Waals surface area contributed by atoms with Crippen molar-refractivity contribution in [2.45, 2.75) is 51.0 Å². The van der Waals surface area contributed by atoms with Gasteiger partial charge in [-0.1, -0.05) is 12.8 Å². The zero-order valence-corrected chi connectivity index (χ0v) is 9.35. The van der Waals surface area contributed by atoms with E-state index in [9.17, 15) is 0 Å². The van der Waals surface area contributed by atoms with Gasteiger partial charge in [-0.2, -0.15) is 0 Å². The van der Waals surface area contributed by atoms with Gasteiger partial charge in [0.25, 0.3) is 0 Å². The molecule has 0 unspecified atom stereocenters. The van der Waals surface area contributed by atoms with Crippen LogP contribution in [0.5, 0.6) is 0 Å². The second kappa shape index (κ2) is 4.63. The molecule has 0 spiro atoms. The topological polar surface area (TPSA) is 21.3 Å². The standard InChI is InChI=1S/C12H23NO/c1-12(6-8-13-9-7-12)14-10-11-4-2-3-5-11/h11,13H,2-10H2,1H3. The van der Waals surface area contributed by atoms with Gasteiger partial charge < -0.3 is 10.1 Å². The molecule has 1 N–H and O–H groups in total. The molecule has 2 nitrogen and oxygen atoms in total. The summed E-state index contributed by atoms with van der Waals surface area (Å²) in [5, 5.41) is 3.39. The van der Waals surface area contributed by atoms with Gasteiger partial charge in [-0.15, -0.1) is 0 Å². The second-order valence-corrected chi connectivity index (χ2v) is 5.16. The normalized spacial score (nSPS) is 28.1. The molecule has 14 heavy (non-hydrogen) atoms. The second-order valence-electron chi connectivity index (χ2n) is 5.16. The Morgan fingerprint density at radius 3 is 2.50 bits per heavy atom. The molecule has 0 aromatic heterocycles. The van der Waals surface area contributed by atoms with Crippen molar-refractivity contribution in [2.24, 2.45) is 5.92 Å². The molecule has 0 atom stereocenters. The molecule has 2 heteroatoms. The van der Waals surface area contributed by atoms with E-state index >= 15 is 0 Å². The molecular formula is C12H23NO. The molecule has 2 rings (SSSR count). The van der Waals surface area contributed by atoms with Crippen LogP contribution < -0.4 is 5.32 Å². The summed E-state index contributed by atoms with van der Waals surface area (Å²) < 4.78 is 6.11. The van der Waals surface area contributed by atoms with Crippen molar-refractivity contribution in [3.8, 4) is 0 Å².